The lowest BCUT2D eigenvalue weighted by atomic mass is 10.2. The average Bonchev–Trinajstić information content (AvgIpc) is 3.30. The molecule has 3 heterocycles. The second-order valence-electron chi connectivity index (χ2n) is 5.74. The van der Waals surface area contributed by atoms with Gasteiger partial charge < -0.3 is 9.73 Å². The largest absolute Gasteiger partial charge is 0.459 e. The molecule has 1 N–H and O–H groups in total. The van der Waals surface area contributed by atoms with Crippen LogP contribution in [0.2, 0.25) is 0 Å². The molecule has 1 fully saturated rings. The van der Waals surface area contributed by atoms with Crippen LogP contribution in [0.5, 0.6) is 0 Å². The summed E-state index contributed by atoms with van der Waals surface area (Å²) in [5, 5.41) is 5.32. The molecule has 0 aromatic carbocycles. The van der Waals surface area contributed by atoms with Gasteiger partial charge in [-0.05, 0) is 46.1 Å². The fourth-order valence-electron chi connectivity index (χ4n) is 2.69. The minimum absolute atomic E-state index is 0.134. The number of hydrogen-bond donors (Lipinski definition) is 1. The van der Waals surface area contributed by atoms with Gasteiger partial charge in [0.1, 0.15) is 0 Å². The van der Waals surface area contributed by atoms with Crippen molar-refractivity contribution in [2.75, 3.05) is 19.6 Å². The van der Waals surface area contributed by atoms with Crippen molar-refractivity contribution in [3.8, 4) is 0 Å². The summed E-state index contributed by atoms with van der Waals surface area (Å²) in [6.07, 6.45) is 5.49. The quantitative estimate of drug-likeness (QED) is 0.787. The predicted octanol–water partition coefficient (Wildman–Crippen LogP) is 1.39. The summed E-state index contributed by atoms with van der Waals surface area (Å²) in [6, 6.07) is 4.92. The Morgan fingerprint density at radius 2 is 1.96 bits per heavy atom. The number of nitrogens with zero attached hydrogens (tertiary/aromatic N) is 3. The first kappa shape index (κ1) is 18.1. The van der Waals surface area contributed by atoms with Crippen molar-refractivity contribution in [1.82, 2.24) is 20.3 Å². The Bertz CT molecular complexity index is 809. The molecule has 8 nitrogen and oxygen atoms in total. The second-order valence-corrected chi connectivity index (χ2v) is 6.65. The molecule has 26 heavy (non-hydrogen) atoms. The first-order chi connectivity index (χ1) is 12.5. The van der Waals surface area contributed by atoms with E-state index in [2.05, 4.69) is 26.2 Å². The van der Waals surface area contributed by atoms with Gasteiger partial charge in [-0.2, -0.15) is 0 Å². The number of carbonyl (C=O) groups excluding carboxylic acids is 3. The zero-order valence-electron chi connectivity index (χ0n) is 13.9. The molecule has 0 atom stereocenters. The molecule has 1 saturated heterocycles. The van der Waals surface area contributed by atoms with Gasteiger partial charge in [-0.25, -0.2) is 5.01 Å². The zero-order chi connectivity index (χ0) is 18.5. The highest BCUT2D eigenvalue weighted by atomic mass is 79.9. The number of carbonyl (C=O) groups is 3. The van der Waals surface area contributed by atoms with Gasteiger partial charge >= 0.3 is 0 Å². The number of nitrogens with one attached hydrogen (secondary N) is 1. The third-order valence-electron chi connectivity index (χ3n) is 3.87. The molecule has 0 aliphatic carbocycles. The molecule has 1 aliphatic heterocycles. The van der Waals surface area contributed by atoms with Crippen LogP contribution >= 0.6 is 15.9 Å². The third-order valence-corrected chi connectivity index (χ3v) is 4.30. The Morgan fingerprint density at radius 3 is 2.65 bits per heavy atom. The summed E-state index contributed by atoms with van der Waals surface area (Å²) >= 11 is 3.32. The number of rotatable bonds is 5. The van der Waals surface area contributed by atoms with Crippen LogP contribution in [0.15, 0.2) is 45.7 Å². The highest BCUT2D eigenvalue weighted by molar-refractivity contribution is 9.10. The van der Waals surface area contributed by atoms with E-state index in [0.717, 1.165) is 10.0 Å². The van der Waals surface area contributed by atoms with Crippen LogP contribution in [0, 0.1) is 0 Å². The van der Waals surface area contributed by atoms with Crippen molar-refractivity contribution >= 4 is 33.7 Å². The van der Waals surface area contributed by atoms with Gasteiger partial charge in [0.2, 0.25) is 5.91 Å². The molecule has 3 rings (SSSR count). The summed E-state index contributed by atoms with van der Waals surface area (Å²) in [5.74, 6) is -0.869. The van der Waals surface area contributed by atoms with Gasteiger partial charge in [0, 0.05) is 30.0 Å². The number of hydrogen-bond acceptors (Lipinski definition) is 5. The topological polar surface area (TPSA) is 95.8 Å². The van der Waals surface area contributed by atoms with E-state index in [1.165, 1.54) is 22.3 Å². The maximum Gasteiger partial charge on any atom is 0.287 e. The number of amides is 3. The van der Waals surface area contributed by atoms with E-state index in [1.54, 1.807) is 18.5 Å². The number of hydrazine groups is 1. The zero-order valence-corrected chi connectivity index (χ0v) is 15.4. The third kappa shape index (κ3) is 4.29. The minimum Gasteiger partial charge on any atom is -0.459 e. The Kier molecular flexibility index (Phi) is 5.67. The van der Waals surface area contributed by atoms with E-state index < -0.39 is 5.91 Å². The molecule has 3 amide bonds. The summed E-state index contributed by atoms with van der Waals surface area (Å²) in [5.41, 5.74) is 0.759. The molecular weight excluding hydrogens is 404 g/mol. The number of aromatic nitrogens is 1. The van der Waals surface area contributed by atoms with Crippen molar-refractivity contribution in [2.24, 2.45) is 0 Å². The molecule has 2 aromatic rings. The number of furan rings is 1. The van der Waals surface area contributed by atoms with Crippen molar-refractivity contribution in [2.45, 2.75) is 12.8 Å². The fourth-order valence-corrected chi connectivity index (χ4v) is 3.10. The molecule has 1 aliphatic rings. The molecule has 0 saturated carbocycles. The Hall–Kier alpha value is -2.68. The second kappa shape index (κ2) is 8.13. The monoisotopic (exact) mass is 420 g/mol. The smallest absolute Gasteiger partial charge is 0.287 e. The van der Waals surface area contributed by atoms with Crippen LogP contribution in [0.3, 0.4) is 0 Å². The summed E-state index contributed by atoms with van der Waals surface area (Å²) in [4.78, 5) is 40.8. The van der Waals surface area contributed by atoms with E-state index in [1.807, 2.05) is 6.07 Å². The van der Waals surface area contributed by atoms with E-state index in [-0.39, 0.29) is 30.5 Å². The molecule has 136 valence electrons. The van der Waals surface area contributed by atoms with Crippen molar-refractivity contribution in [3.05, 3.63) is 52.7 Å². The molecular formula is C17H17BrN4O4. The van der Waals surface area contributed by atoms with E-state index in [4.69, 9.17) is 4.42 Å². The van der Waals surface area contributed by atoms with Crippen molar-refractivity contribution in [3.63, 3.8) is 0 Å². The van der Waals surface area contributed by atoms with Crippen molar-refractivity contribution in [1.29, 1.82) is 0 Å². The van der Waals surface area contributed by atoms with Crippen LogP contribution in [-0.4, -0.2) is 52.4 Å². The summed E-state index contributed by atoms with van der Waals surface area (Å²) < 4.78 is 5.77. The van der Waals surface area contributed by atoms with Gasteiger partial charge in [-0.1, -0.05) is 0 Å². The first-order valence-corrected chi connectivity index (χ1v) is 8.85. The van der Waals surface area contributed by atoms with E-state index >= 15 is 0 Å². The fraction of sp³-hybridized carbons (Fsp3) is 0.294. The number of halogens is 1. The average molecular weight is 421 g/mol. The highest BCUT2D eigenvalue weighted by Gasteiger charge is 2.30. The van der Waals surface area contributed by atoms with Crippen LogP contribution in [0.4, 0.5) is 0 Å². The van der Waals surface area contributed by atoms with Gasteiger partial charge in [0.25, 0.3) is 11.8 Å². The highest BCUT2D eigenvalue weighted by Crippen LogP contribution is 2.15. The maximum atomic E-state index is 12.6. The molecule has 2 aromatic heterocycles. The Labute approximate surface area is 158 Å². The van der Waals surface area contributed by atoms with E-state index in [9.17, 15) is 14.4 Å². The molecule has 0 spiro atoms. The molecule has 0 bridgehead atoms. The maximum absolute atomic E-state index is 12.6. The normalized spacial score (nSPS) is 13.7. The van der Waals surface area contributed by atoms with Crippen LogP contribution in [0.1, 0.15) is 22.5 Å². The van der Waals surface area contributed by atoms with E-state index in [0.29, 0.717) is 19.5 Å². The van der Waals surface area contributed by atoms with Crippen LogP contribution in [-0.2, 0) is 16.0 Å². The van der Waals surface area contributed by atoms with Gasteiger partial charge in [-0.3, -0.25) is 24.4 Å². The van der Waals surface area contributed by atoms with Gasteiger partial charge in [0.05, 0.1) is 19.2 Å². The summed E-state index contributed by atoms with van der Waals surface area (Å²) in [6.45, 7) is 0.706. The Morgan fingerprint density at radius 1 is 1.19 bits per heavy atom. The SMILES string of the molecule is O=C(NCC(=O)N1CCCN1C(=O)Cc1cncc(Br)c1)c1ccco1. The van der Waals surface area contributed by atoms with Crippen molar-refractivity contribution < 1.29 is 18.8 Å². The number of pyridine rings is 1. The molecule has 0 radical (unpaired) electrons. The minimum atomic E-state index is -0.472. The Balaban J connectivity index is 1.57. The lowest BCUT2D eigenvalue weighted by Crippen LogP contribution is -2.49. The van der Waals surface area contributed by atoms with Gasteiger partial charge in [0.15, 0.2) is 5.76 Å². The lowest BCUT2D eigenvalue weighted by Gasteiger charge is -2.28. The molecule has 0 unspecified atom stereocenters. The standard InChI is InChI=1S/C17H17BrN4O4/c18-13-7-12(9-19-10-13)8-15(23)21-4-2-5-22(21)16(24)11-20-17(25)14-3-1-6-26-14/h1,3,6-7,9-10H,2,4-5,8,11H2,(H,20,25). The van der Waals surface area contributed by atoms with Crippen LogP contribution < -0.4 is 5.32 Å². The first-order valence-electron chi connectivity index (χ1n) is 8.06. The molecule has 9 heteroatoms. The predicted molar refractivity (Wildman–Crippen MR) is 94.7 cm³/mol. The van der Waals surface area contributed by atoms with Crippen LogP contribution in [0.25, 0.3) is 0 Å². The lowest BCUT2D eigenvalue weighted by molar-refractivity contribution is -0.156. The van der Waals surface area contributed by atoms with Gasteiger partial charge in [-0.15, -0.1) is 0 Å². The summed E-state index contributed by atoms with van der Waals surface area (Å²) in [7, 11) is 0.